The smallest absolute Gasteiger partial charge is 0.348 e. The molecule has 0 atom stereocenters. The Morgan fingerprint density at radius 3 is 1.10 bits per heavy atom. The number of nitrogens with zero attached hydrogens (tertiary/aromatic N) is 5. The topological polar surface area (TPSA) is 113 Å². The van der Waals surface area contributed by atoms with Gasteiger partial charge in [-0.1, -0.05) is 128 Å². The van der Waals surface area contributed by atoms with Crippen molar-refractivity contribution < 1.29 is 19.1 Å². The summed E-state index contributed by atoms with van der Waals surface area (Å²) < 4.78 is 15.9. The van der Waals surface area contributed by atoms with Crippen LogP contribution in [0.15, 0.2) is 187 Å². The van der Waals surface area contributed by atoms with E-state index in [0.717, 1.165) is 81.5 Å². The number of rotatable bonds is 21. The van der Waals surface area contributed by atoms with Gasteiger partial charge in [0.2, 0.25) is 0 Å². The lowest BCUT2D eigenvalue weighted by Crippen LogP contribution is -2.10. The maximum atomic E-state index is 13.0. The number of carbonyl (C=O) groups is 2. The quantitative estimate of drug-likeness (QED) is 0.0305. The van der Waals surface area contributed by atoms with Gasteiger partial charge in [-0.25, -0.2) is 9.59 Å². The molecule has 0 amide bonds. The molecule has 0 fully saturated rings. The van der Waals surface area contributed by atoms with E-state index in [1.165, 1.54) is 43.6 Å². The van der Waals surface area contributed by atoms with Gasteiger partial charge in [0, 0.05) is 73.8 Å². The molecular weight excluding hydrogens is 879 g/mol. The molecule has 0 radical (unpaired) electrons. The predicted molar refractivity (Wildman–Crippen MR) is 286 cm³/mol. The number of esters is 2. The monoisotopic (exact) mass is 933 g/mol. The zero-order valence-corrected chi connectivity index (χ0v) is 39.8. The van der Waals surface area contributed by atoms with E-state index in [-0.39, 0.29) is 24.4 Å². The molecule has 0 aliphatic heterocycles. The van der Waals surface area contributed by atoms with E-state index in [2.05, 4.69) is 111 Å². The van der Waals surface area contributed by atoms with Crippen molar-refractivity contribution in [1.29, 1.82) is 10.5 Å². The minimum atomic E-state index is -0.632. The number of hydrogen-bond donors (Lipinski definition) is 0. The molecule has 9 rings (SSSR count). The second kappa shape index (κ2) is 23.1. The minimum absolute atomic E-state index is 0.0596. The number of carbonyl (C=O) groups excluding carboxylic acids is 2. The van der Waals surface area contributed by atoms with Crippen LogP contribution in [0, 0.1) is 22.7 Å². The van der Waals surface area contributed by atoms with Gasteiger partial charge in [0.15, 0.2) is 0 Å². The summed E-state index contributed by atoms with van der Waals surface area (Å²) in [7, 11) is 0. The number of para-hydroxylation sites is 5. The van der Waals surface area contributed by atoms with Gasteiger partial charge in [-0.3, -0.25) is 0 Å². The van der Waals surface area contributed by atoms with E-state index in [1.54, 1.807) is 12.2 Å². The van der Waals surface area contributed by atoms with Crippen LogP contribution in [-0.4, -0.2) is 34.3 Å². The maximum absolute atomic E-state index is 13.0. The van der Waals surface area contributed by atoms with Crippen LogP contribution in [0.4, 0.5) is 17.1 Å². The molecule has 2 aromatic heterocycles. The fraction of sp³-hybridized carbons (Fsp3) is 0.194. The molecule has 0 unspecified atom stereocenters. The SMILES string of the molecule is N#C/C(=C/c1ccc(N(c2ccccc2)c2ccc(/C=C(\C#N)C(=O)OCCCCCCn3c4ccccc4c4ccccc43)cc2)cc1)C(=O)OCCCCCCn1c2ccccc2c2ccccc21. The average molecular weight is 934 g/mol. The molecule has 352 valence electrons. The second-order valence-electron chi connectivity index (χ2n) is 17.7. The van der Waals surface area contributed by atoms with Crippen molar-refractivity contribution in [3.05, 3.63) is 198 Å². The first-order chi connectivity index (χ1) is 35.0. The molecule has 0 aliphatic rings. The van der Waals surface area contributed by atoms with Gasteiger partial charge in [-0.15, -0.1) is 0 Å². The van der Waals surface area contributed by atoms with Gasteiger partial charge in [0.05, 0.1) is 13.2 Å². The Hall–Kier alpha value is -8.66. The number of ether oxygens (including phenoxy) is 2. The molecule has 9 aromatic rings. The van der Waals surface area contributed by atoms with Gasteiger partial charge >= 0.3 is 11.9 Å². The van der Waals surface area contributed by atoms with E-state index < -0.39 is 11.9 Å². The number of benzene rings is 7. The van der Waals surface area contributed by atoms with Gasteiger partial charge in [-0.05, 0) is 122 Å². The number of unbranched alkanes of at least 4 members (excludes halogenated alkanes) is 6. The fourth-order valence-electron chi connectivity index (χ4n) is 9.50. The van der Waals surface area contributed by atoms with E-state index >= 15 is 0 Å². The molecule has 0 aliphatic carbocycles. The van der Waals surface area contributed by atoms with Gasteiger partial charge in [0.1, 0.15) is 23.3 Å². The third-order valence-corrected chi connectivity index (χ3v) is 13.0. The Morgan fingerprint density at radius 2 is 0.732 bits per heavy atom. The molecule has 71 heavy (non-hydrogen) atoms. The first-order valence-electron chi connectivity index (χ1n) is 24.6. The molecule has 9 nitrogen and oxygen atoms in total. The Balaban J connectivity index is 0.747. The number of aromatic nitrogens is 2. The molecule has 7 aromatic carbocycles. The molecule has 0 saturated carbocycles. The summed E-state index contributed by atoms with van der Waals surface area (Å²) in [5, 5.41) is 24.9. The number of nitriles is 2. The number of aryl methyl sites for hydroxylation is 2. The highest BCUT2D eigenvalue weighted by atomic mass is 16.5. The number of anilines is 3. The van der Waals surface area contributed by atoms with E-state index in [0.29, 0.717) is 11.1 Å². The number of fused-ring (bicyclic) bond motifs is 6. The Morgan fingerprint density at radius 1 is 0.408 bits per heavy atom. The normalized spacial score (nSPS) is 11.7. The van der Waals surface area contributed by atoms with Crippen LogP contribution in [-0.2, 0) is 32.2 Å². The largest absolute Gasteiger partial charge is 0.462 e. The second-order valence-corrected chi connectivity index (χ2v) is 17.7. The summed E-state index contributed by atoms with van der Waals surface area (Å²) in [4.78, 5) is 28.0. The van der Waals surface area contributed by atoms with Crippen molar-refractivity contribution in [2.45, 2.75) is 64.5 Å². The summed E-state index contributed by atoms with van der Waals surface area (Å²) in [5.41, 5.74) is 8.86. The zero-order valence-electron chi connectivity index (χ0n) is 39.8. The third kappa shape index (κ3) is 11.1. The first-order valence-corrected chi connectivity index (χ1v) is 24.6. The van der Waals surface area contributed by atoms with Crippen LogP contribution in [0.2, 0.25) is 0 Å². The van der Waals surface area contributed by atoms with E-state index in [4.69, 9.17) is 9.47 Å². The Kier molecular flexibility index (Phi) is 15.4. The van der Waals surface area contributed by atoms with Crippen LogP contribution in [0.3, 0.4) is 0 Å². The van der Waals surface area contributed by atoms with Crippen molar-refractivity contribution in [3.8, 4) is 12.1 Å². The zero-order chi connectivity index (χ0) is 48.8. The van der Waals surface area contributed by atoms with Gasteiger partial charge in [0.25, 0.3) is 0 Å². The third-order valence-electron chi connectivity index (χ3n) is 13.0. The molecule has 0 spiro atoms. The fourth-order valence-corrected chi connectivity index (χ4v) is 9.50. The lowest BCUT2D eigenvalue weighted by molar-refractivity contribution is -0.139. The van der Waals surface area contributed by atoms with Crippen LogP contribution < -0.4 is 4.90 Å². The lowest BCUT2D eigenvalue weighted by atomic mass is 10.1. The minimum Gasteiger partial charge on any atom is -0.462 e. The molecule has 0 bridgehead atoms. The summed E-state index contributed by atoms with van der Waals surface area (Å²) in [6.45, 7) is 2.34. The number of hydrogen-bond acceptors (Lipinski definition) is 7. The Bertz CT molecular complexity index is 3130. The van der Waals surface area contributed by atoms with Crippen molar-refractivity contribution in [3.63, 3.8) is 0 Å². The van der Waals surface area contributed by atoms with E-state index in [1.807, 2.05) is 91.0 Å². The summed E-state index contributed by atoms with van der Waals surface area (Å²) in [6.07, 6.45) is 10.4. The molecular formula is C62H55N5O4. The van der Waals surface area contributed by atoms with Crippen LogP contribution in [0.25, 0.3) is 55.8 Å². The summed E-state index contributed by atoms with van der Waals surface area (Å²) in [6, 6.07) is 63.2. The molecule has 2 heterocycles. The van der Waals surface area contributed by atoms with Crippen LogP contribution in [0.5, 0.6) is 0 Å². The van der Waals surface area contributed by atoms with Gasteiger partial charge < -0.3 is 23.5 Å². The van der Waals surface area contributed by atoms with E-state index in [9.17, 15) is 20.1 Å². The van der Waals surface area contributed by atoms with Crippen molar-refractivity contribution in [2.24, 2.45) is 0 Å². The highest BCUT2D eigenvalue weighted by Crippen LogP contribution is 2.35. The van der Waals surface area contributed by atoms with Crippen molar-refractivity contribution in [1.82, 2.24) is 9.13 Å². The lowest BCUT2D eigenvalue weighted by Gasteiger charge is -2.25. The molecule has 9 heteroatoms. The highest BCUT2D eigenvalue weighted by Gasteiger charge is 2.16. The van der Waals surface area contributed by atoms with Crippen molar-refractivity contribution >= 4 is 84.8 Å². The average Bonchev–Trinajstić information content (AvgIpc) is 3.92. The predicted octanol–water partition coefficient (Wildman–Crippen LogP) is 14.8. The highest BCUT2D eigenvalue weighted by molar-refractivity contribution is 6.09. The maximum Gasteiger partial charge on any atom is 0.348 e. The van der Waals surface area contributed by atoms with Gasteiger partial charge in [-0.2, -0.15) is 10.5 Å². The van der Waals surface area contributed by atoms with Crippen LogP contribution in [0.1, 0.15) is 62.5 Å². The summed E-state index contributed by atoms with van der Waals surface area (Å²) in [5.74, 6) is -1.26. The van der Waals surface area contributed by atoms with Crippen LogP contribution >= 0.6 is 0 Å². The summed E-state index contributed by atoms with van der Waals surface area (Å²) >= 11 is 0. The Labute approximate surface area is 414 Å². The standard InChI is InChI=1S/C62H55N5O4/c63-44-48(61(68)70-40-18-3-1-16-38-65-57-26-12-8-22-53(57)54-23-9-13-27-58(54)65)42-46-30-34-51(35-31-46)67(50-20-6-5-7-21-50)52-36-32-47(33-37-52)43-49(45-64)62(69)71-41-19-4-2-17-39-66-59-28-14-10-24-55(59)56-25-11-15-29-60(56)66/h5-15,20-37,42-43H,1-4,16-19,38-41H2/b48-42-,49-43+. The van der Waals surface area contributed by atoms with Crippen molar-refractivity contribution in [2.75, 3.05) is 18.1 Å². The first kappa shape index (κ1) is 47.4. The molecule has 0 saturated heterocycles. The molecule has 0 N–H and O–H groups in total.